The van der Waals surface area contributed by atoms with Gasteiger partial charge in [-0.2, -0.15) is 17.5 Å². The van der Waals surface area contributed by atoms with Gasteiger partial charge in [-0.15, -0.1) is 17.7 Å². The molecular weight excluding hydrogens is 120 g/mol. The van der Waals surface area contributed by atoms with Crippen molar-refractivity contribution < 1.29 is 0 Å². The second-order valence-corrected chi connectivity index (χ2v) is 2.94. The van der Waals surface area contributed by atoms with Gasteiger partial charge in [0.2, 0.25) is 0 Å². The summed E-state index contributed by atoms with van der Waals surface area (Å²) in [5.41, 5.74) is 3.02. The Labute approximate surface area is 61.9 Å². The van der Waals surface area contributed by atoms with E-state index in [9.17, 15) is 0 Å². The molecule has 0 radical (unpaired) electrons. The van der Waals surface area contributed by atoms with E-state index in [1.54, 1.807) is 5.92 Å². The molecule has 52 valence electrons. The van der Waals surface area contributed by atoms with Crippen LogP contribution >= 0.6 is 0 Å². The van der Waals surface area contributed by atoms with E-state index in [1.807, 2.05) is 0 Å². The molecule has 0 amide bonds. The molecule has 0 heteroatoms. The Bertz CT molecular complexity index is 238. The van der Waals surface area contributed by atoms with Crippen molar-refractivity contribution >= 4 is 0 Å². The van der Waals surface area contributed by atoms with Crippen molar-refractivity contribution in [1.82, 2.24) is 0 Å². The van der Waals surface area contributed by atoms with Gasteiger partial charge in [-0.1, -0.05) is 25.8 Å². The Balaban J connectivity index is 2.51. The van der Waals surface area contributed by atoms with Crippen LogP contribution in [0, 0.1) is 5.92 Å². The van der Waals surface area contributed by atoms with Crippen LogP contribution in [-0.2, 0) is 6.42 Å². The highest BCUT2D eigenvalue weighted by atomic mass is 14.2. The molecule has 0 fully saturated rings. The SMILES string of the molecule is C[C-]1CCc2ccccc21. The van der Waals surface area contributed by atoms with Gasteiger partial charge in [0.25, 0.3) is 0 Å². The molecule has 0 aromatic heterocycles. The van der Waals surface area contributed by atoms with Gasteiger partial charge in [-0.3, -0.25) is 0 Å². The monoisotopic (exact) mass is 131 g/mol. The topological polar surface area (TPSA) is 0 Å². The van der Waals surface area contributed by atoms with E-state index in [0.717, 1.165) is 0 Å². The average Bonchev–Trinajstić information content (AvgIpc) is 2.34. The highest BCUT2D eigenvalue weighted by Gasteiger charge is 2.06. The first-order chi connectivity index (χ1) is 4.88. The van der Waals surface area contributed by atoms with Crippen LogP contribution < -0.4 is 0 Å². The summed E-state index contributed by atoms with van der Waals surface area (Å²) in [4.78, 5) is 0. The standard InChI is InChI=1S/C10H11/c1-8-6-7-9-4-2-3-5-10(8)9/h2-5H,6-7H2,1H3/q-1. The fourth-order valence-electron chi connectivity index (χ4n) is 1.61. The van der Waals surface area contributed by atoms with Gasteiger partial charge in [-0.25, -0.2) is 0 Å². The maximum absolute atomic E-state index is 2.23. The van der Waals surface area contributed by atoms with E-state index >= 15 is 0 Å². The van der Waals surface area contributed by atoms with Crippen LogP contribution in [-0.4, -0.2) is 0 Å². The molecule has 0 saturated carbocycles. The first-order valence-electron chi connectivity index (χ1n) is 3.78. The van der Waals surface area contributed by atoms with E-state index in [-0.39, 0.29) is 0 Å². The summed E-state index contributed by atoms with van der Waals surface area (Å²) in [5, 5.41) is 0. The normalized spacial score (nSPS) is 15.5. The number of benzene rings is 1. The molecule has 0 nitrogen and oxygen atoms in total. The third-order valence-electron chi connectivity index (χ3n) is 2.25. The zero-order valence-electron chi connectivity index (χ0n) is 6.22. The number of rotatable bonds is 0. The lowest BCUT2D eigenvalue weighted by atomic mass is 10.0. The van der Waals surface area contributed by atoms with Crippen molar-refractivity contribution in [3.63, 3.8) is 0 Å². The molecule has 10 heavy (non-hydrogen) atoms. The van der Waals surface area contributed by atoms with Gasteiger partial charge in [0, 0.05) is 0 Å². The lowest BCUT2D eigenvalue weighted by molar-refractivity contribution is 0.940. The molecule has 0 atom stereocenters. The van der Waals surface area contributed by atoms with Gasteiger partial charge in [-0.05, 0) is 0 Å². The van der Waals surface area contributed by atoms with E-state index in [2.05, 4.69) is 31.2 Å². The molecule has 0 spiro atoms. The Morgan fingerprint density at radius 1 is 1.30 bits per heavy atom. The zero-order chi connectivity index (χ0) is 6.97. The van der Waals surface area contributed by atoms with Crippen molar-refractivity contribution in [3.8, 4) is 0 Å². The quantitative estimate of drug-likeness (QED) is 0.475. The largest absolute Gasteiger partial charge is 0.186 e. The van der Waals surface area contributed by atoms with Crippen LogP contribution in [0.25, 0.3) is 0 Å². The second-order valence-electron chi connectivity index (χ2n) is 2.94. The van der Waals surface area contributed by atoms with Crippen molar-refractivity contribution in [1.29, 1.82) is 0 Å². The molecule has 0 N–H and O–H groups in total. The molecule has 1 aromatic rings. The first-order valence-corrected chi connectivity index (χ1v) is 3.78. The van der Waals surface area contributed by atoms with Gasteiger partial charge in [0.15, 0.2) is 0 Å². The molecule has 1 aliphatic rings. The number of fused-ring (bicyclic) bond motifs is 1. The summed E-state index contributed by atoms with van der Waals surface area (Å²) in [7, 11) is 0. The minimum absolute atomic E-state index is 1.25. The predicted octanol–water partition coefficient (Wildman–Crippen LogP) is 2.58. The van der Waals surface area contributed by atoms with Gasteiger partial charge < -0.3 is 0 Å². The number of aryl methyl sites for hydroxylation is 1. The fourth-order valence-corrected chi connectivity index (χ4v) is 1.61. The molecule has 0 aliphatic heterocycles. The molecule has 0 bridgehead atoms. The summed E-state index contributed by atoms with van der Waals surface area (Å²) in [6, 6.07) is 8.69. The third-order valence-corrected chi connectivity index (χ3v) is 2.25. The molecule has 0 heterocycles. The van der Waals surface area contributed by atoms with E-state index in [0.29, 0.717) is 0 Å². The van der Waals surface area contributed by atoms with Crippen molar-refractivity contribution in [2.75, 3.05) is 0 Å². The Morgan fingerprint density at radius 2 is 2.10 bits per heavy atom. The fraction of sp³-hybridized carbons (Fsp3) is 0.300. The molecule has 1 aliphatic carbocycles. The Morgan fingerprint density at radius 3 is 2.90 bits per heavy atom. The smallest absolute Gasteiger partial charge is 0.0802 e. The van der Waals surface area contributed by atoms with E-state index in [4.69, 9.17) is 0 Å². The average molecular weight is 131 g/mol. The zero-order valence-corrected chi connectivity index (χ0v) is 6.22. The number of hydrogen-bond acceptors (Lipinski definition) is 0. The van der Waals surface area contributed by atoms with Gasteiger partial charge in [0.1, 0.15) is 0 Å². The molecule has 1 aromatic carbocycles. The minimum Gasteiger partial charge on any atom is -0.186 e. The first kappa shape index (κ1) is 5.84. The predicted molar refractivity (Wildman–Crippen MR) is 42.8 cm³/mol. The number of hydrogen-bond donors (Lipinski definition) is 0. The molecule has 0 saturated heterocycles. The summed E-state index contributed by atoms with van der Waals surface area (Å²) in [6.45, 7) is 2.23. The summed E-state index contributed by atoms with van der Waals surface area (Å²) in [5.74, 6) is 1.55. The Hall–Kier alpha value is -0.910. The van der Waals surface area contributed by atoms with E-state index < -0.39 is 0 Å². The van der Waals surface area contributed by atoms with Crippen LogP contribution in [0.15, 0.2) is 24.3 Å². The van der Waals surface area contributed by atoms with Crippen molar-refractivity contribution in [3.05, 3.63) is 41.3 Å². The van der Waals surface area contributed by atoms with E-state index in [1.165, 1.54) is 24.0 Å². The maximum Gasteiger partial charge on any atom is -0.0802 e. The van der Waals surface area contributed by atoms with Crippen LogP contribution in [0.1, 0.15) is 24.5 Å². The summed E-state index contributed by atoms with van der Waals surface area (Å²) in [6.07, 6.45) is 2.52. The summed E-state index contributed by atoms with van der Waals surface area (Å²) < 4.78 is 0. The minimum atomic E-state index is 1.25. The van der Waals surface area contributed by atoms with Crippen LogP contribution in [0.3, 0.4) is 0 Å². The molecule has 2 rings (SSSR count). The van der Waals surface area contributed by atoms with Crippen molar-refractivity contribution in [2.24, 2.45) is 0 Å². The lowest BCUT2D eigenvalue weighted by Crippen LogP contribution is -1.84. The molecule has 0 unspecified atom stereocenters. The second kappa shape index (κ2) is 2.05. The third kappa shape index (κ3) is 0.722. The van der Waals surface area contributed by atoms with Gasteiger partial charge in [0.05, 0.1) is 0 Å². The highest BCUT2D eigenvalue weighted by molar-refractivity contribution is 5.42. The van der Waals surface area contributed by atoms with Gasteiger partial charge >= 0.3 is 0 Å². The highest BCUT2D eigenvalue weighted by Crippen LogP contribution is 2.30. The van der Waals surface area contributed by atoms with Crippen LogP contribution in [0.5, 0.6) is 0 Å². The lowest BCUT2D eigenvalue weighted by Gasteiger charge is -2.12. The van der Waals surface area contributed by atoms with Crippen molar-refractivity contribution in [2.45, 2.75) is 19.8 Å². The Kier molecular flexibility index (Phi) is 1.20. The van der Waals surface area contributed by atoms with Crippen LogP contribution in [0.4, 0.5) is 0 Å². The van der Waals surface area contributed by atoms with Crippen LogP contribution in [0.2, 0.25) is 0 Å². The molecular formula is C10H11-. The summed E-state index contributed by atoms with van der Waals surface area (Å²) >= 11 is 0. The maximum atomic E-state index is 2.23.